The zero-order valence-corrected chi connectivity index (χ0v) is 17.2. The van der Waals surface area contributed by atoms with Crippen molar-refractivity contribution < 1.29 is 13.9 Å². The van der Waals surface area contributed by atoms with Crippen LogP contribution < -0.4 is 20.1 Å². The molecule has 0 saturated carbocycles. The van der Waals surface area contributed by atoms with Gasteiger partial charge in [-0.25, -0.2) is 0 Å². The lowest BCUT2D eigenvalue weighted by molar-refractivity contribution is 0.223. The van der Waals surface area contributed by atoms with E-state index in [1.54, 1.807) is 20.4 Å². The Balaban J connectivity index is 0.00000312. The topological polar surface area (TPSA) is 68.0 Å². The molecule has 2 rings (SSSR count). The highest BCUT2D eigenvalue weighted by Gasteiger charge is 2.06. The first-order valence-electron chi connectivity index (χ1n) is 7.99. The van der Waals surface area contributed by atoms with Crippen molar-refractivity contribution in [3.8, 4) is 11.5 Å². The number of benzene rings is 1. The van der Waals surface area contributed by atoms with E-state index in [4.69, 9.17) is 13.9 Å². The molecule has 0 aliphatic heterocycles. The van der Waals surface area contributed by atoms with Crippen LogP contribution in [-0.2, 0) is 6.42 Å². The van der Waals surface area contributed by atoms with Gasteiger partial charge in [-0.05, 0) is 31.2 Å². The molecule has 0 saturated heterocycles. The Labute approximate surface area is 166 Å². The third-order valence-electron chi connectivity index (χ3n) is 3.40. The van der Waals surface area contributed by atoms with Crippen molar-refractivity contribution >= 4 is 29.9 Å². The van der Waals surface area contributed by atoms with E-state index in [1.165, 1.54) is 0 Å². The van der Waals surface area contributed by atoms with Crippen LogP contribution in [0.2, 0.25) is 0 Å². The molecule has 2 aromatic rings. The normalized spacial score (nSPS) is 12.0. The number of rotatable bonds is 8. The highest BCUT2D eigenvalue weighted by Crippen LogP contribution is 2.19. The number of hydrogen-bond acceptors (Lipinski definition) is 4. The summed E-state index contributed by atoms with van der Waals surface area (Å²) in [6, 6.07) is 11.4. The fourth-order valence-corrected chi connectivity index (χ4v) is 2.17. The number of aliphatic imine (C=N–C) groups is 1. The van der Waals surface area contributed by atoms with E-state index < -0.39 is 0 Å². The van der Waals surface area contributed by atoms with Gasteiger partial charge in [-0.1, -0.05) is 6.07 Å². The lowest BCUT2D eigenvalue weighted by atomic mass is 10.3. The maximum Gasteiger partial charge on any atom is 0.191 e. The summed E-state index contributed by atoms with van der Waals surface area (Å²) in [6.07, 6.45) is 2.48. The van der Waals surface area contributed by atoms with Gasteiger partial charge in [0.25, 0.3) is 0 Å². The maximum atomic E-state index is 5.87. The van der Waals surface area contributed by atoms with Crippen LogP contribution in [0.1, 0.15) is 12.7 Å². The van der Waals surface area contributed by atoms with Crippen LogP contribution in [0.25, 0.3) is 0 Å². The average molecular weight is 459 g/mol. The summed E-state index contributed by atoms with van der Waals surface area (Å²) in [5.41, 5.74) is 0. The molecule has 0 aliphatic rings. The summed E-state index contributed by atoms with van der Waals surface area (Å²) < 4.78 is 16.4. The molecule has 1 atom stereocenters. The lowest BCUT2D eigenvalue weighted by Gasteiger charge is -2.18. The SMILES string of the molecule is CN=C(NCCc1ccco1)NCC(C)Oc1cccc(OC)c1.I. The van der Waals surface area contributed by atoms with E-state index in [0.29, 0.717) is 6.54 Å². The maximum absolute atomic E-state index is 5.87. The van der Waals surface area contributed by atoms with Crippen molar-refractivity contribution in [1.82, 2.24) is 10.6 Å². The molecule has 0 fully saturated rings. The van der Waals surface area contributed by atoms with E-state index >= 15 is 0 Å². The van der Waals surface area contributed by atoms with Gasteiger partial charge in [0.15, 0.2) is 5.96 Å². The van der Waals surface area contributed by atoms with Crippen LogP contribution in [0.4, 0.5) is 0 Å². The standard InChI is InChI=1S/C18H25N3O3.HI/c1-14(24-17-7-4-6-16(12-17)22-3)13-21-18(19-2)20-10-9-15-8-5-11-23-15;/h4-8,11-12,14H,9-10,13H2,1-3H3,(H2,19,20,21);1H. The van der Waals surface area contributed by atoms with Gasteiger partial charge >= 0.3 is 0 Å². The molecule has 6 nitrogen and oxygen atoms in total. The van der Waals surface area contributed by atoms with Gasteiger partial charge in [0.1, 0.15) is 23.4 Å². The van der Waals surface area contributed by atoms with E-state index in [9.17, 15) is 0 Å². The fraction of sp³-hybridized carbons (Fsp3) is 0.389. The Morgan fingerprint density at radius 2 is 2.00 bits per heavy atom. The average Bonchev–Trinajstić information content (AvgIpc) is 3.11. The van der Waals surface area contributed by atoms with Gasteiger partial charge < -0.3 is 24.5 Å². The van der Waals surface area contributed by atoms with Gasteiger partial charge in [-0.2, -0.15) is 0 Å². The first-order chi connectivity index (χ1) is 11.7. The number of ether oxygens (including phenoxy) is 2. The molecule has 1 unspecified atom stereocenters. The van der Waals surface area contributed by atoms with Gasteiger partial charge in [0, 0.05) is 26.1 Å². The first kappa shape index (κ1) is 21.1. The molecule has 7 heteroatoms. The molecule has 138 valence electrons. The molecule has 0 bridgehead atoms. The van der Waals surface area contributed by atoms with Gasteiger partial charge in [0.2, 0.25) is 0 Å². The predicted molar refractivity (Wildman–Crippen MR) is 110 cm³/mol. The first-order valence-corrected chi connectivity index (χ1v) is 7.99. The van der Waals surface area contributed by atoms with Crippen LogP contribution in [0, 0.1) is 0 Å². The van der Waals surface area contributed by atoms with Crippen LogP contribution in [0.3, 0.4) is 0 Å². The Kier molecular flexibility index (Phi) is 9.83. The number of methoxy groups -OCH3 is 1. The van der Waals surface area contributed by atoms with Crippen molar-refractivity contribution in [3.63, 3.8) is 0 Å². The summed E-state index contributed by atoms with van der Waals surface area (Å²) in [5.74, 6) is 3.25. The van der Waals surface area contributed by atoms with Gasteiger partial charge in [-0.3, -0.25) is 4.99 Å². The quantitative estimate of drug-likeness (QED) is 0.361. The second-order valence-electron chi connectivity index (χ2n) is 5.32. The molecular formula is C18H26IN3O3. The minimum atomic E-state index is -0.0132. The largest absolute Gasteiger partial charge is 0.497 e. The molecular weight excluding hydrogens is 433 g/mol. The second kappa shape index (κ2) is 11.6. The van der Waals surface area contributed by atoms with Crippen molar-refractivity contribution in [1.29, 1.82) is 0 Å². The minimum Gasteiger partial charge on any atom is -0.497 e. The number of guanidine groups is 1. The Morgan fingerprint density at radius 1 is 1.20 bits per heavy atom. The lowest BCUT2D eigenvalue weighted by Crippen LogP contribution is -2.42. The molecule has 0 radical (unpaired) electrons. The van der Waals surface area contributed by atoms with Gasteiger partial charge in [0.05, 0.1) is 19.9 Å². The van der Waals surface area contributed by atoms with E-state index in [-0.39, 0.29) is 30.1 Å². The predicted octanol–water partition coefficient (Wildman–Crippen LogP) is 3.08. The number of halogens is 1. The summed E-state index contributed by atoms with van der Waals surface area (Å²) >= 11 is 0. The zero-order valence-electron chi connectivity index (χ0n) is 14.8. The highest BCUT2D eigenvalue weighted by molar-refractivity contribution is 14.0. The smallest absolute Gasteiger partial charge is 0.191 e. The highest BCUT2D eigenvalue weighted by atomic mass is 127. The molecule has 1 aromatic heterocycles. The number of nitrogens with zero attached hydrogens (tertiary/aromatic N) is 1. The van der Waals surface area contributed by atoms with Crippen LogP contribution in [0.5, 0.6) is 11.5 Å². The Hall–Kier alpha value is -1.90. The zero-order chi connectivity index (χ0) is 17.2. The summed E-state index contributed by atoms with van der Waals surface area (Å²) in [5, 5.41) is 6.50. The summed E-state index contributed by atoms with van der Waals surface area (Å²) in [7, 11) is 3.39. The van der Waals surface area contributed by atoms with E-state index in [0.717, 1.165) is 36.2 Å². The van der Waals surface area contributed by atoms with Crippen molar-refractivity contribution in [2.24, 2.45) is 4.99 Å². The third-order valence-corrected chi connectivity index (χ3v) is 3.40. The minimum absolute atomic E-state index is 0. The third kappa shape index (κ3) is 7.68. The van der Waals surface area contributed by atoms with E-state index in [1.807, 2.05) is 43.3 Å². The Morgan fingerprint density at radius 3 is 2.68 bits per heavy atom. The molecule has 0 spiro atoms. The van der Waals surface area contributed by atoms with Crippen molar-refractivity contribution in [2.75, 3.05) is 27.2 Å². The fourth-order valence-electron chi connectivity index (χ4n) is 2.17. The number of nitrogens with one attached hydrogen (secondary N) is 2. The molecule has 1 heterocycles. The summed E-state index contributed by atoms with van der Waals surface area (Å²) in [4.78, 5) is 4.20. The summed E-state index contributed by atoms with van der Waals surface area (Å²) in [6.45, 7) is 3.39. The van der Waals surface area contributed by atoms with Crippen molar-refractivity contribution in [3.05, 3.63) is 48.4 Å². The number of furan rings is 1. The monoisotopic (exact) mass is 459 g/mol. The van der Waals surface area contributed by atoms with E-state index in [2.05, 4.69) is 15.6 Å². The van der Waals surface area contributed by atoms with Gasteiger partial charge in [-0.15, -0.1) is 24.0 Å². The van der Waals surface area contributed by atoms with Crippen molar-refractivity contribution in [2.45, 2.75) is 19.4 Å². The molecule has 0 aliphatic carbocycles. The molecule has 0 amide bonds. The molecule has 2 N–H and O–H groups in total. The number of hydrogen-bond donors (Lipinski definition) is 2. The van der Waals surface area contributed by atoms with Crippen LogP contribution >= 0.6 is 24.0 Å². The molecule has 25 heavy (non-hydrogen) atoms. The second-order valence-corrected chi connectivity index (χ2v) is 5.32. The molecule has 1 aromatic carbocycles. The van der Waals surface area contributed by atoms with Crippen LogP contribution in [0.15, 0.2) is 52.1 Å². The Bertz CT molecular complexity index is 632. The van der Waals surface area contributed by atoms with Crippen LogP contribution in [-0.4, -0.2) is 39.3 Å².